The fourth-order valence-corrected chi connectivity index (χ4v) is 7.30. The fourth-order valence-electron chi connectivity index (χ4n) is 6.30. The Bertz CT molecular complexity index is 555. The normalized spacial score (nSPS) is 48.7. The summed E-state index contributed by atoms with van der Waals surface area (Å²) in [7, 11) is 0. The number of rotatable bonds is 4. The Morgan fingerprint density at radius 1 is 1.43 bits per heavy atom. The standard InChI is InChI=1S/C17H22BrNO2/c1-4-19(5-2)16(21)14-12-9-6-10-11(8(9)3)15(20)17(14,7-18)13(10)12/h9-14H,3-7H2,1-2H3/t9-,10+,11-,12+,13-,14?,17+/m0/s1. The van der Waals surface area contributed by atoms with Crippen LogP contribution in [0.15, 0.2) is 12.2 Å². The highest BCUT2D eigenvalue weighted by Gasteiger charge is 2.83. The van der Waals surface area contributed by atoms with Crippen molar-refractivity contribution >= 4 is 27.6 Å². The lowest BCUT2D eigenvalue weighted by Crippen LogP contribution is -2.64. The van der Waals surface area contributed by atoms with Crippen molar-refractivity contribution in [2.75, 3.05) is 18.4 Å². The molecule has 0 spiro atoms. The Hall–Kier alpha value is -0.640. The second-order valence-electron chi connectivity index (χ2n) is 7.19. The van der Waals surface area contributed by atoms with Gasteiger partial charge in [0.1, 0.15) is 5.78 Å². The monoisotopic (exact) mass is 351 g/mol. The number of ketones is 1. The first-order valence-electron chi connectivity index (χ1n) is 8.12. The summed E-state index contributed by atoms with van der Waals surface area (Å²) in [4.78, 5) is 28.0. The number of amides is 1. The minimum atomic E-state index is -0.423. The van der Waals surface area contributed by atoms with Crippen LogP contribution in [-0.4, -0.2) is 35.0 Å². The molecule has 0 aromatic rings. The van der Waals surface area contributed by atoms with Gasteiger partial charge in [0.05, 0.1) is 11.3 Å². The van der Waals surface area contributed by atoms with Gasteiger partial charge in [-0.25, -0.2) is 0 Å². The van der Waals surface area contributed by atoms with E-state index >= 15 is 0 Å². The fraction of sp³-hybridized carbons (Fsp3) is 0.765. The van der Waals surface area contributed by atoms with Gasteiger partial charge in [-0.1, -0.05) is 28.1 Å². The highest BCUT2D eigenvalue weighted by molar-refractivity contribution is 9.09. The molecule has 0 aliphatic heterocycles. The Balaban J connectivity index is 1.79. The van der Waals surface area contributed by atoms with Gasteiger partial charge in [0.2, 0.25) is 5.91 Å². The molecular weight excluding hydrogens is 330 g/mol. The molecule has 0 heterocycles. The molecule has 3 nitrogen and oxygen atoms in total. The number of allylic oxidation sites excluding steroid dienone is 1. The molecule has 114 valence electrons. The van der Waals surface area contributed by atoms with E-state index in [2.05, 4.69) is 22.5 Å². The molecule has 2 bridgehead atoms. The summed E-state index contributed by atoms with van der Waals surface area (Å²) >= 11 is 3.59. The van der Waals surface area contributed by atoms with Gasteiger partial charge in [0, 0.05) is 24.3 Å². The van der Waals surface area contributed by atoms with Crippen LogP contribution in [-0.2, 0) is 9.59 Å². The van der Waals surface area contributed by atoms with Crippen LogP contribution in [0.2, 0.25) is 0 Å². The van der Waals surface area contributed by atoms with Crippen LogP contribution in [0.4, 0.5) is 0 Å². The molecule has 0 aromatic heterocycles. The first-order valence-corrected chi connectivity index (χ1v) is 9.24. The molecule has 4 saturated carbocycles. The Labute approximate surface area is 134 Å². The molecule has 4 aliphatic carbocycles. The van der Waals surface area contributed by atoms with Crippen molar-refractivity contribution in [3.8, 4) is 0 Å². The lowest BCUT2D eigenvalue weighted by atomic mass is 9.47. The van der Waals surface area contributed by atoms with Crippen molar-refractivity contribution in [2.24, 2.45) is 40.9 Å². The summed E-state index contributed by atoms with van der Waals surface area (Å²) in [5, 5.41) is 0.644. The number of nitrogens with zero attached hydrogens (tertiary/aromatic N) is 1. The number of Topliss-reactive ketones (excluding diaryl/α,β-unsaturated/α-hetero) is 1. The maximum atomic E-state index is 13.1. The van der Waals surface area contributed by atoms with Gasteiger partial charge < -0.3 is 4.90 Å². The average Bonchev–Trinajstić information content (AvgIpc) is 2.95. The molecule has 0 aromatic carbocycles. The number of alkyl halides is 1. The van der Waals surface area contributed by atoms with Crippen LogP contribution in [0, 0.1) is 40.9 Å². The van der Waals surface area contributed by atoms with Gasteiger partial charge in [0.15, 0.2) is 0 Å². The van der Waals surface area contributed by atoms with E-state index in [9.17, 15) is 9.59 Å². The third-order valence-electron chi connectivity index (χ3n) is 7.01. The zero-order valence-electron chi connectivity index (χ0n) is 12.6. The highest BCUT2D eigenvalue weighted by Crippen LogP contribution is 2.80. The molecular formula is C17H22BrNO2. The number of carbonyl (C=O) groups is 2. The molecule has 0 saturated heterocycles. The van der Waals surface area contributed by atoms with Gasteiger partial charge in [-0.3, -0.25) is 9.59 Å². The second kappa shape index (κ2) is 4.21. The molecule has 4 rings (SSSR count). The van der Waals surface area contributed by atoms with Crippen molar-refractivity contribution < 1.29 is 9.59 Å². The molecule has 1 amide bonds. The van der Waals surface area contributed by atoms with E-state index in [1.165, 1.54) is 0 Å². The zero-order valence-corrected chi connectivity index (χ0v) is 14.2. The van der Waals surface area contributed by atoms with Crippen molar-refractivity contribution in [1.29, 1.82) is 0 Å². The molecule has 21 heavy (non-hydrogen) atoms. The third-order valence-corrected chi connectivity index (χ3v) is 7.94. The smallest absolute Gasteiger partial charge is 0.227 e. The Morgan fingerprint density at radius 2 is 2.10 bits per heavy atom. The number of halogens is 1. The first kappa shape index (κ1) is 14.0. The van der Waals surface area contributed by atoms with Crippen LogP contribution < -0.4 is 0 Å². The highest BCUT2D eigenvalue weighted by atomic mass is 79.9. The van der Waals surface area contributed by atoms with Gasteiger partial charge >= 0.3 is 0 Å². The van der Waals surface area contributed by atoms with Crippen LogP contribution in [0.3, 0.4) is 0 Å². The number of carbonyl (C=O) groups excluding carboxylic acids is 2. The van der Waals surface area contributed by atoms with Crippen LogP contribution in [0.1, 0.15) is 20.3 Å². The summed E-state index contributed by atoms with van der Waals surface area (Å²) in [5.41, 5.74) is 0.720. The minimum Gasteiger partial charge on any atom is -0.343 e. The Kier molecular flexibility index (Phi) is 2.81. The van der Waals surface area contributed by atoms with Gasteiger partial charge in [-0.15, -0.1) is 0 Å². The van der Waals surface area contributed by atoms with Crippen molar-refractivity contribution in [3.05, 3.63) is 12.2 Å². The molecule has 4 fully saturated rings. The first-order chi connectivity index (χ1) is 10.0. The van der Waals surface area contributed by atoms with E-state index in [0.717, 1.165) is 25.1 Å². The summed E-state index contributed by atoms with van der Waals surface area (Å²) in [5.74, 6) is 2.21. The number of hydrogen-bond donors (Lipinski definition) is 0. The zero-order chi connectivity index (χ0) is 15.1. The van der Waals surface area contributed by atoms with Gasteiger partial charge in [-0.05, 0) is 43.9 Å². The average molecular weight is 352 g/mol. The third kappa shape index (κ3) is 1.25. The molecule has 0 N–H and O–H groups in total. The topological polar surface area (TPSA) is 37.4 Å². The quantitative estimate of drug-likeness (QED) is 0.576. The molecule has 4 heteroatoms. The SMILES string of the molecule is C=C1[C@@H]2C(=O)[C@@]3(CBr)C(C(=O)N(CC)CC)[C@H]4[C@@H]3[C@@H]2C[C@@H]14. The van der Waals surface area contributed by atoms with Crippen LogP contribution in [0.5, 0.6) is 0 Å². The van der Waals surface area contributed by atoms with E-state index in [1.54, 1.807) is 0 Å². The minimum absolute atomic E-state index is 0.0586. The van der Waals surface area contributed by atoms with E-state index in [-0.39, 0.29) is 17.7 Å². The van der Waals surface area contributed by atoms with Crippen molar-refractivity contribution in [3.63, 3.8) is 0 Å². The summed E-state index contributed by atoms with van der Waals surface area (Å²) < 4.78 is 0. The molecule has 7 atom stereocenters. The van der Waals surface area contributed by atoms with Crippen LogP contribution >= 0.6 is 15.9 Å². The number of fused-ring (bicyclic) bond motifs is 2. The maximum Gasteiger partial charge on any atom is 0.227 e. The lowest BCUT2D eigenvalue weighted by Gasteiger charge is -2.56. The maximum absolute atomic E-state index is 13.1. The summed E-state index contributed by atoms with van der Waals surface area (Å²) in [6.45, 7) is 9.73. The van der Waals surface area contributed by atoms with E-state index in [0.29, 0.717) is 34.8 Å². The largest absolute Gasteiger partial charge is 0.343 e. The Morgan fingerprint density at radius 3 is 2.67 bits per heavy atom. The summed E-state index contributed by atoms with van der Waals surface area (Å²) in [6, 6.07) is 0. The van der Waals surface area contributed by atoms with Crippen molar-refractivity contribution in [2.45, 2.75) is 20.3 Å². The van der Waals surface area contributed by atoms with Crippen LogP contribution in [0.25, 0.3) is 0 Å². The van der Waals surface area contributed by atoms with Crippen molar-refractivity contribution in [1.82, 2.24) is 4.90 Å². The predicted octanol–water partition coefficient (Wildman–Crippen LogP) is 2.50. The molecule has 0 radical (unpaired) electrons. The van der Waals surface area contributed by atoms with E-state index < -0.39 is 5.41 Å². The molecule has 1 unspecified atom stereocenters. The molecule has 4 aliphatic rings. The predicted molar refractivity (Wildman–Crippen MR) is 83.9 cm³/mol. The van der Waals surface area contributed by atoms with Gasteiger partial charge in [0.25, 0.3) is 0 Å². The summed E-state index contributed by atoms with van der Waals surface area (Å²) in [6.07, 6.45) is 1.10. The number of hydrogen-bond acceptors (Lipinski definition) is 2. The lowest BCUT2D eigenvalue weighted by molar-refractivity contribution is -0.169. The van der Waals surface area contributed by atoms with E-state index in [4.69, 9.17) is 0 Å². The second-order valence-corrected chi connectivity index (χ2v) is 7.75. The van der Waals surface area contributed by atoms with Gasteiger partial charge in [-0.2, -0.15) is 0 Å². The van der Waals surface area contributed by atoms with E-state index in [1.807, 2.05) is 18.7 Å².